The van der Waals surface area contributed by atoms with E-state index in [-0.39, 0.29) is 29.1 Å². The molecule has 12 heteroatoms. The van der Waals surface area contributed by atoms with E-state index in [0.717, 1.165) is 12.1 Å². The topological polar surface area (TPSA) is 95.7 Å². The number of hydrogen-bond acceptors (Lipinski definition) is 7. The summed E-state index contributed by atoms with van der Waals surface area (Å²) < 4.78 is 58.0. The average Bonchev–Trinajstić information content (AvgIpc) is 3.12. The highest BCUT2D eigenvalue weighted by Crippen LogP contribution is 2.37. The van der Waals surface area contributed by atoms with Crippen LogP contribution in [0.4, 0.5) is 18.0 Å². The Kier molecular flexibility index (Phi) is 8.08. The minimum atomic E-state index is -4.79. The molecule has 0 aliphatic rings. The van der Waals surface area contributed by atoms with Crippen LogP contribution in [0.1, 0.15) is 53.5 Å². The molecule has 0 bridgehead atoms. The third kappa shape index (κ3) is 8.31. The van der Waals surface area contributed by atoms with Gasteiger partial charge in [0, 0.05) is 5.56 Å². The second kappa shape index (κ2) is 9.94. The van der Waals surface area contributed by atoms with Crippen molar-refractivity contribution in [3.05, 3.63) is 30.2 Å². The lowest BCUT2D eigenvalue weighted by Crippen LogP contribution is -2.44. The van der Waals surface area contributed by atoms with Crippen LogP contribution in [0.2, 0.25) is 18.1 Å². The molecular formula is C22H32F3N3O5Si. The zero-order valence-corrected chi connectivity index (χ0v) is 21.7. The molecule has 1 aromatic carbocycles. The van der Waals surface area contributed by atoms with Gasteiger partial charge < -0.3 is 23.7 Å². The average molecular weight is 504 g/mol. The molecule has 2 aromatic rings. The first-order valence-electron chi connectivity index (χ1n) is 10.7. The van der Waals surface area contributed by atoms with Crippen LogP contribution < -0.4 is 10.1 Å². The van der Waals surface area contributed by atoms with Gasteiger partial charge in [0.15, 0.2) is 8.32 Å². The molecule has 0 unspecified atom stereocenters. The zero-order valence-electron chi connectivity index (χ0n) is 20.7. The first-order valence-corrected chi connectivity index (χ1v) is 13.6. The Bertz CT molecular complexity index is 964. The van der Waals surface area contributed by atoms with E-state index < -0.39 is 32.4 Å². The van der Waals surface area contributed by atoms with Crippen molar-refractivity contribution >= 4 is 14.4 Å². The van der Waals surface area contributed by atoms with Crippen molar-refractivity contribution in [2.45, 2.75) is 77.7 Å². The van der Waals surface area contributed by atoms with Crippen molar-refractivity contribution in [2.24, 2.45) is 0 Å². The summed E-state index contributed by atoms with van der Waals surface area (Å²) >= 11 is 0. The molecule has 8 nitrogen and oxygen atoms in total. The first kappa shape index (κ1) is 27.6. The van der Waals surface area contributed by atoms with Gasteiger partial charge in [-0.2, -0.15) is 4.98 Å². The van der Waals surface area contributed by atoms with Gasteiger partial charge in [-0.1, -0.05) is 25.9 Å². The number of ether oxygens (including phenoxy) is 2. The molecule has 0 fully saturated rings. The van der Waals surface area contributed by atoms with Gasteiger partial charge in [0.2, 0.25) is 5.82 Å². The fourth-order valence-corrected chi connectivity index (χ4v) is 3.45. The number of carbonyl (C=O) groups excluding carboxylic acids is 1. The Hall–Kier alpha value is -2.60. The summed E-state index contributed by atoms with van der Waals surface area (Å²) in [4.78, 5) is 16.7. The number of hydrogen-bond donors (Lipinski definition) is 1. The predicted octanol–water partition coefficient (Wildman–Crippen LogP) is 6.22. The maximum Gasteiger partial charge on any atom is 0.573 e. The Morgan fingerprint density at radius 1 is 1.09 bits per heavy atom. The van der Waals surface area contributed by atoms with Gasteiger partial charge in [-0.15, -0.1) is 13.2 Å². The van der Waals surface area contributed by atoms with Crippen LogP contribution in [-0.2, 0) is 9.16 Å². The summed E-state index contributed by atoms with van der Waals surface area (Å²) in [5, 5.41) is 6.54. The quantitative estimate of drug-likeness (QED) is 0.448. The van der Waals surface area contributed by atoms with E-state index >= 15 is 0 Å². The molecular weight excluding hydrogens is 471 g/mol. The maximum atomic E-state index is 12.4. The van der Waals surface area contributed by atoms with Crippen LogP contribution in [-0.4, -0.2) is 43.1 Å². The molecule has 0 aliphatic heterocycles. The molecule has 1 heterocycles. The Morgan fingerprint density at radius 3 is 2.18 bits per heavy atom. The first-order chi connectivity index (χ1) is 15.4. The molecule has 2 rings (SSSR count). The van der Waals surface area contributed by atoms with Crippen LogP contribution in [0, 0.1) is 0 Å². The lowest BCUT2D eigenvalue weighted by atomic mass is 10.2. The van der Waals surface area contributed by atoms with Crippen LogP contribution in [0.25, 0.3) is 11.4 Å². The van der Waals surface area contributed by atoms with E-state index in [9.17, 15) is 18.0 Å². The summed E-state index contributed by atoms with van der Waals surface area (Å²) in [5.41, 5.74) is -0.305. The summed E-state index contributed by atoms with van der Waals surface area (Å²) in [6.07, 6.45) is -5.46. The third-order valence-electron chi connectivity index (χ3n) is 5.19. The number of nitrogens with zero attached hydrogens (tertiary/aromatic N) is 2. The van der Waals surface area contributed by atoms with Crippen LogP contribution >= 0.6 is 0 Å². The van der Waals surface area contributed by atoms with E-state index in [4.69, 9.17) is 13.7 Å². The van der Waals surface area contributed by atoms with Crippen LogP contribution in [0.15, 0.2) is 28.8 Å². The van der Waals surface area contributed by atoms with Crippen molar-refractivity contribution in [3.63, 3.8) is 0 Å². The molecule has 0 radical (unpaired) electrons. The fourth-order valence-electron chi connectivity index (χ4n) is 2.43. The van der Waals surface area contributed by atoms with Gasteiger partial charge in [0.1, 0.15) is 17.4 Å². The largest absolute Gasteiger partial charge is 0.573 e. The number of aromatic nitrogens is 2. The van der Waals surface area contributed by atoms with Crippen molar-refractivity contribution in [1.82, 2.24) is 15.5 Å². The summed E-state index contributed by atoms with van der Waals surface area (Å²) in [6.45, 7) is 15.7. The Labute approximate surface area is 198 Å². The number of alkyl carbamates (subject to hydrolysis) is 1. The van der Waals surface area contributed by atoms with Crippen LogP contribution in [0.3, 0.4) is 0 Å². The molecule has 1 atom stereocenters. The number of rotatable bonds is 7. The smallest absolute Gasteiger partial charge is 0.444 e. The molecule has 0 aliphatic carbocycles. The van der Waals surface area contributed by atoms with Gasteiger partial charge in [-0.05, 0) is 63.2 Å². The van der Waals surface area contributed by atoms with E-state index in [2.05, 4.69) is 54.1 Å². The van der Waals surface area contributed by atoms with E-state index in [1.165, 1.54) is 12.1 Å². The van der Waals surface area contributed by atoms with Crippen molar-refractivity contribution < 1.29 is 36.4 Å². The molecule has 0 spiro atoms. The number of alkyl halides is 3. The van der Waals surface area contributed by atoms with Crippen molar-refractivity contribution in [1.29, 1.82) is 0 Å². The standard InChI is InChI=1S/C22H32F3N3O5Si/c1-20(2,3)32-19(29)26-16(13-30-34(7,8)21(4,5)6)18-27-17(28-33-18)14-9-11-15(12-10-14)31-22(23,24)25/h9-12,16H,13H2,1-8H3,(H,26,29)/t16-/m0/s1. The lowest BCUT2D eigenvalue weighted by Gasteiger charge is -2.37. The Balaban J connectivity index is 2.24. The van der Waals surface area contributed by atoms with E-state index in [0.29, 0.717) is 5.56 Å². The lowest BCUT2D eigenvalue weighted by molar-refractivity contribution is -0.274. The van der Waals surface area contributed by atoms with Gasteiger partial charge in [0.25, 0.3) is 5.89 Å². The number of halogens is 3. The number of carbonyl (C=O) groups is 1. The van der Waals surface area contributed by atoms with Crippen molar-refractivity contribution in [2.75, 3.05) is 6.61 Å². The number of nitrogens with one attached hydrogen (secondary N) is 1. The summed E-state index contributed by atoms with van der Waals surface area (Å²) in [6, 6.07) is 4.25. The van der Waals surface area contributed by atoms with Crippen molar-refractivity contribution in [3.8, 4) is 17.1 Å². The highest BCUT2D eigenvalue weighted by molar-refractivity contribution is 6.74. The minimum Gasteiger partial charge on any atom is -0.444 e. The number of amides is 1. The fraction of sp³-hybridized carbons (Fsp3) is 0.591. The molecule has 1 amide bonds. The van der Waals surface area contributed by atoms with Crippen LogP contribution in [0.5, 0.6) is 5.75 Å². The van der Waals surface area contributed by atoms with E-state index in [1.807, 2.05) is 0 Å². The highest BCUT2D eigenvalue weighted by Gasteiger charge is 2.38. The number of benzene rings is 1. The predicted molar refractivity (Wildman–Crippen MR) is 122 cm³/mol. The summed E-state index contributed by atoms with van der Waals surface area (Å²) in [5.74, 6) is -0.153. The minimum absolute atomic E-state index is 0.0658. The van der Waals surface area contributed by atoms with Gasteiger partial charge in [-0.25, -0.2) is 4.79 Å². The highest BCUT2D eigenvalue weighted by atomic mass is 28.4. The van der Waals surface area contributed by atoms with Gasteiger partial charge in [-0.3, -0.25) is 0 Å². The zero-order chi connectivity index (χ0) is 25.9. The molecule has 34 heavy (non-hydrogen) atoms. The molecule has 1 aromatic heterocycles. The monoisotopic (exact) mass is 503 g/mol. The maximum absolute atomic E-state index is 12.4. The van der Waals surface area contributed by atoms with E-state index in [1.54, 1.807) is 20.8 Å². The SMILES string of the molecule is CC(C)(C)OC(=O)N[C@@H](CO[Si](C)(C)C(C)(C)C)c1nc(-c2ccc(OC(F)(F)F)cc2)no1. The molecule has 0 saturated heterocycles. The Morgan fingerprint density at radius 2 is 1.68 bits per heavy atom. The van der Waals surface area contributed by atoms with Gasteiger partial charge in [0.05, 0.1) is 6.61 Å². The molecule has 190 valence electrons. The molecule has 0 saturated carbocycles. The normalized spacial score (nSPS) is 14.0. The molecule has 1 N–H and O–H groups in total. The van der Waals surface area contributed by atoms with Gasteiger partial charge >= 0.3 is 12.5 Å². The second-order valence-corrected chi connectivity index (χ2v) is 15.1. The third-order valence-corrected chi connectivity index (χ3v) is 9.69. The summed E-state index contributed by atoms with van der Waals surface area (Å²) in [7, 11) is -2.17. The second-order valence-electron chi connectivity index (χ2n) is 10.3.